The molecule has 0 bridgehead atoms. The maximum absolute atomic E-state index is 12.5. The Hall–Kier alpha value is -2.42. The molecule has 8 heteroatoms. The molecule has 1 unspecified atom stereocenters. The predicted octanol–water partition coefficient (Wildman–Crippen LogP) is 1.75. The third-order valence-electron chi connectivity index (χ3n) is 4.17. The van der Waals surface area contributed by atoms with E-state index in [2.05, 4.69) is 0 Å². The number of nitrogens with zero attached hydrogens (tertiary/aromatic N) is 2. The number of likely N-dealkylation sites (N-methyl/N-ethyl adjacent to an activating group) is 1. The molecule has 1 atom stereocenters. The molecule has 0 radical (unpaired) electrons. The zero-order chi connectivity index (χ0) is 20.2. The first-order valence-electron chi connectivity index (χ1n) is 8.27. The lowest BCUT2D eigenvalue weighted by Gasteiger charge is -2.21. The minimum absolute atomic E-state index is 0.100. The number of aliphatic hydroxyl groups excluding tert-OH is 1. The first-order chi connectivity index (χ1) is 12.7. The molecule has 0 aromatic heterocycles. The van der Waals surface area contributed by atoms with Gasteiger partial charge in [-0.15, -0.1) is 0 Å². The minimum atomic E-state index is -3.54. The zero-order valence-electron chi connectivity index (χ0n) is 15.8. The van der Waals surface area contributed by atoms with Crippen LogP contribution >= 0.6 is 0 Å². The number of rotatable bonds is 7. The fourth-order valence-corrected chi connectivity index (χ4v) is 3.38. The molecule has 0 aliphatic rings. The van der Waals surface area contributed by atoms with Crippen LogP contribution in [-0.2, 0) is 10.0 Å². The van der Waals surface area contributed by atoms with Gasteiger partial charge in [-0.05, 0) is 42.0 Å². The van der Waals surface area contributed by atoms with E-state index in [1.54, 1.807) is 38.4 Å². The number of carbonyl (C=O) groups is 1. The van der Waals surface area contributed by atoms with Crippen molar-refractivity contribution in [2.45, 2.75) is 11.0 Å². The molecule has 2 rings (SSSR count). The van der Waals surface area contributed by atoms with Gasteiger partial charge in [0, 0.05) is 26.7 Å². The summed E-state index contributed by atoms with van der Waals surface area (Å²) in [4.78, 5) is 14.1. The SMILES string of the molecule is COc1ccc(C(O)CN(C)C(=O)c2ccc(S(=O)(=O)N(C)C)cc2)cc1. The standard InChI is InChI=1S/C19H24N2O5S/c1-20(2)27(24,25)17-11-7-15(8-12-17)19(23)21(3)13-18(22)14-5-9-16(26-4)10-6-14/h5-12,18,22H,13H2,1-4H3. The third kappa shape index (κ3) is 4.85. The quantitative estimate of drug-likeness (QED) is 0.776. The predicted molar refractivity (Wildman–Crippen MR) is 102 cm³/mol. The van der Waals surface area contributed by atoms with Gasteiger partial charge in [0.15, 0.2) is 0 Å². The highest BCUT2D eigenvalue weighted by molar-refractivity contribution is 7.89. The third-order valence-corrected chi connectivity index (χ3v) is 6.00. The van der Waals surface area contributed by atoms with Crippen molar-refractivity contribution in [3.05, 3.63) is 59.7 Å². The van der Waals surface area contributed by atoms with E-state index < -0.39 is 16.1 Å². The fourth-order valence-electron chi connectivity index (χ4n) is 2.47. The highest BCUT2D eigenvalue weighted by atomic mass is 32.2. The van der Waals surface area contributed by atoms with Gasteiger partial charge in [-0.1, -0.05) is 12.1 Å². The maximum atomic E-state index is 12.5. The summed E-state index contributed by atoms with van der Waals surface area (Å²) in [5, 5.41) is 10.3. The summed E-state index contributed by atoms with van der Waals surface area (Å²) in [6, 6.07) is 12.7. The minimum Gasteiger partial charge on any atom is -0.497 e. The molecule has 0 heterocycles. The Bertz CT molecular complexity index is 877. The summed E-state index contributed by atoms with van der Waals surface area (Å²) in [5.41, 5.74) is 1.01. The number of benzene rings is 2. The molecule has 27 heavy (non-hydrogen) atoms. The van der Waals surface area contributed by atoms with Crippen LogP contribution in [0.25, 0.3) is 0 Å². The van der Waals surface area contributed by atoms with Crippen molar-refractivity contribution in [3.63, 3.8) is 0 Å². The second-order valence-electron chi connectivity index (χ2n) is 6.29. The Morgan fingerprint density at radius 3 is 2.07 bits per heavy atom. The van der Waals surface area contributed by atoms with E-state index in [1.165, 1.54) is 43.3 Å². The normalized spacial score (nSPS) is 12.7. The van der Waals surface area contributed by atoms with Gasteiger partial charge in [0.05, 0.1) is 24.7 Å². The first-order valence-corrected chi connectivity index (χ1v) is 9.71. The Morgan fingerprint density at radius 1 is 1.04 bits per heavy atom. The lowest BCUT2D eigenvalue weighted by atomic mass is 10.1. The van der Waals surface area contributed by atoms with Crippen molar-refractivity contribution in [3.8, 4) is 5.75 Å². The summed E-state index contributed by atoms with van der Waals surface area (Å²) >= 11 is 0. The molecular formula is C19H24N2O5S. The molecule has 2 aromatic carbocycles. The van der Waals surface area contributed by atoms with Crippen LogP contribution in [-0.4, -0.2) is 63.4 Å². The summed E-state index contributed by atoms with van der Waals surface area (Å²) in [7, 11) is 2.50. The average Bonchev–Trinajstić information content (AvgIpc) is 2.67. The molecule has 0 spiro atoms. The molecule has 1 N–H and O–H groups in total. The summed E-state index contributed by atoms with van der Waals surface area (Å²) in [6.45, 7) is 0.100. The Labute approximate surface area is 159 Å². The van der Waals surface area contributed by atoms with Gasteiger partial charge in [-0.2, -0.15) is 0 Å². The largest absolute Gasteiger partial charge is 0.497 e. The lowest BCUT2D eigenvalue weighted by molar-refractivity contribution is 0.0681. The molecule has 7 nitrogen and oxygen atoms in total. The van der Waals surface area contributed by atoms with Crippen molar-refractivity contribution in [1.29, 1.82) is 0 Å². The number of ether oxygens (including phenoxy) is 1. The van der Waals surface area contributed by atoms with E-state index in [-0.39, 0.29) is 17.3 Å². The Morgan fingerprint density at radius 2 is 1.59 bits per heavy atom. The number of methoxy groups -OCH3 is 1. The summed E-state index contributed by atoms with van der Waals surface area (Å²) < 4.78 is 30.4. The van der Waals surface area contributed by atoms with Crippen molar-refractivity contribution >= 4 is 15.9 Å². The van der Waals surface area contributed by atoms with E-state index in [1.807, 2.05) is 0 Å². The lowest BCUT2D eigenvalue weighted by Crippen LogP contribution is -2.31. The molecule has 0 saturated carbocycles. The van der Waals surface area contributed by atoms with Crippen LogP contribution in [0.1, 0.15) is 22.0 Å². The molecule has 0 aliphatic carbocycles. The van der Waals surface area contributed by atoms with E-state index in [0.29, 0.717) is 16.9 Å². The van der Waals surface area contributed by atoms with Crippen LogP contribution in [0, 0.1) is 0 Å². The van der Waals surface area contributed by atoms with E-state index >= 15 is 0 Å². The second-order valence-corrected chi connectivity index (χ2v) is 8.44. The molecule has 146 valence electrons. The van der Waals surface area contributed by atoms with E-state index in [4.69, 9.17) is 4.74 Å². The Kier molecular flexibility index (Phi) is 6.59. The van der Waals surface area contributed by atoms with E-state index in [9.17, 15) is 18.3 Å². The maximum Gasteiger partial charge on any atom is 0.253 e. The summed E-state index contributed by atoms with van der Waals surface area (Å²) in [6.07, 6.45) is -0.849. The van der Waals surface area contributed by atoms with Gasteiger partial charge < -0.3 is 14.7 Å². The van der Waals surface area contributed by atoms with Gasteiger partial charge in [-0.3, -0.25) is 4.79 Å². The van der Waals surface area contributed by atoms with Crippen molar-refractivity contribution in [2.75, 3.05) is 34.8 Å². The van der Waals surface area contributed by atoms with Gasteiger partial charge >= 0.3 is 0 Å². The monoisotopic (exact) mass is 392 g/mol. The highest BCUT2D eigenvalue weighted by Gasteiger charge is 2.20. The van der Waals surface area contributed by atoms with Crippen LogP contribution in [0.3, 0.4) is 0 Å². The molecule has 2 aromatic rings. The van der Waals surface area contributed by atoms with Crippen LogP contribution in [0.4, 0.5) is 0 Å². The number of aliphatic hydroxyl groups is 1. The van der Waals surface area contributed by atoms with Gasteiger partial charge in [0.2, 0.25) is 10.0 Å². The first kappa shape index (κ1) is 20.9. The van der Waals surface area contributed by atoms with Crippen molar-refractivity contribution < 1.29 is 23.1 Å². The van der Waals surface area contributed by atoms with Crippen molar-refractivity contribution in [1.82, 2.24) is 9.21 Å². The molecule has 0 aliphatic heterocycles. The fraction of sp³-hybridized carbons (Fsp3) is 0.316. The van der Waals surface area contributed by atoms with Gasteiger partial charge in [0.1, 0.15) is 5.75 Å². The number of sulfonamides is 1. The van der Waals surface area contributed by atoms with Crippen LogP contribution in [0.15, 0.2) is 53.4 Å². The topological polar surface area (TPSA) is 87.1 Å². The summed E-state index contributed by atoms with van der Waals surface area (Å²) in [5.74, 6) is 0.375. The number of carbonyl (C=O) groups excluding carboxylic acids is 1. The van der Waals surface area contributed by atoms with Crippen LogP contribution in [0.5, 0.6) is 5.75 Å². The molecule has 1 amide bonds. The van der Waals surface area contributed by atoms with Gasteiger partial charge in [0.25, 0.3) is 5.91 Å². The zero-order valence-corrected chi connectivity index (χ0v) is 16.6. The van der Waals surface area contributed by atoms with E-state index in [0.717, 1.165) is 4.31 Å². The highest BCUT2D eigenvalue weighted by Crippen LogP contribution is 2.19. The molecular weight excluding hydrogens is 368 g/mol. The number of hydrogen-bond acceptors (Lipinski definition) is 5. The Balaban J connectivity index is 2.08. The molecule has 0 saturated heterocycles. The number of amides is 1. The second kappa shape index (κ2) is 8.51. The smallest absolute Gasteiger partial charge is 0.253 e. The van der Waals surface area contributed by atoms with Crippen molar-refractivity contribution in [2.24, 2.45) is 0 Å². The average molecular weight is 392 g/mol. The number of hydrogen-bond donors (Lipinski definition) is 1. The molecule has 0 fully saturated rings. The van der Waals surface area contributed by atoms with Crippen LogP contribution < -0.4 is 4.74 Å². The van der Waals surface area contributed by atoms with Crippen LogP contribution in [0.2, 0.25) is 0 Å². The van der Waals surface area contributed by atoms with Gasteiger partial charge in [-0.25, -0.2) is 12.7 Å².